The van der Waals surface area contributed by atoms with E-state index in [0.717, 1.165) is 29.2 Å². The minimum atomic E-state index is 0.182. The first-order valence-corrected chi connectivity index (χ1v) is 7.12. The number of aromatic nitrogens is 2. The largest absolute Gasteiger partial charge is 0.399 e. The van der Waals surface area contributed by atoms with Gasteiger partial charge in [-0.05, 0) is 12.5 Å². The minimum absolute atomic E-state index is 0.182. The van der Waals surface area contributed by atoms with Crippen LogP contribution in [0, 0.1) is 0 Å². The first-order chi connectivity index (χ1) is 10.2. The summed E-state index contributed by atoms with van der Waals surface area (Å²) in [6, 6.07) is 0.277. The lowest BCUT2D eigenvalue weighted by Crippen LogP contribution is -2.33. The Balaban J connectivity index is 1.78. The fourth-order valence-corrected chi connectivity index (χ4v) is 2.88. The Kier molecular flexibility index (Phi) is 2.75. The van der Waals surface area contributed by atoms with Crippen LogP contribution in [0.1, 0.15) is 29.6 Å². The number of nitrogens with two attached hydrogens (primary N) is 2. The van der Waals surface area contributed by atoms with E-state index in [2.05, 4.69) is 16.4 Å². The van der Waals surface area contributed by atoms with E-state index in [0.29, 0.717) is 25.7 Å². The summed E-state index contributed by atoms with van der Waals surface area (Å²) in [5.74, 6) is 1.70. The lowest BCUT2D eigenvalue weighted by Gasteiger charge is -2.28. The molecular formula is C14H18N6O. The van der Waals surface area contributed by atoms with E-state index >= 15 is 0 Å². The Morgan fingerprint density at radius 2 is 2.19 bits per heavy atom. The van der Waals surface area contributed by atoms with Crippen LogP contribution >= 0.6 is 0 Å². The number of allylic oxidation sites excluding steroid dienone is 3. The highest BCUT2D eigenvalue weighted by Gasteiger charge is 2.32. The number of aliphatic imine (C=N–C) groups is 1. The second kappa shape index (κ2) is 4.63. The van der Waals surface area contributed by atoms with Gasteiger partial charge in [0.15, 0.2) is 0 Å². The summed E-state index contributed by atoms with van der Waals surface area (Å²) < 4.78 is 7.29. The molecule has 1 aromatic rings. The van der Waals surface area contributed by atoms with Crippen molar-refractivity contribution >= 4 is 11.7 Å². The first-order valence-electron chi connectivity index (χ1n) is 7.12. The van der Waals surface area contributed by atoms with Crippen LogP contribution in [0.2, 0.25) is 0 Å². The molecular weight excluding hydrogens is 268 g/mol. The smallest absolute Gasteiger partial charge is 0.137 e. The molecule has 5 N–H and O–H groups in total. The molecule has 1 fully saturated rings. The summed E-state index contributed by atoms with van der Waals surface area (Å²) in [6.07, 6.45) is 6.86. The van der Waals surface area contributed by atoms with Crippen molar-refractivity contribution in [2.45, 2.75) is 18.4 Å². The van der Waals surface area contributed by atoms with Crippen molar-refractivity contribution in [2.24, 2.45) is 16.5 Å². The van der Waals surface area contributed by atoms with E-state index in [4.69, 9.17) is 21.3 Å². The van der Waals surface area contributed by atoms with Crippen LogP contribution in [0.25, 0.3) is 0 Å². The van der Waals surface area contributed by atoms with Gasteiger partial charge < -0.3 is 21.5 Å². The first kappa shape index (κ1) is 12.5. The van der Waals surface area contributed by atoms with Gasteiger partial charge in [0.05, 0.1) is 24.5 Å². The SMILES string of the molecule is NC1=CCC(c2nn(C3COC3)c3c2C(N)=NCN3)C=C1. The van der Waals surface area contributed by atoms with Gasteiger partial charge in [-0.15, -0.1) is 0 Å². The lowest BCUT2D eigenvalue weighted by molar-refractivity contribution is -0.0278. The second-order valence-electron chi connectivity index (χ2n) is 5.53. The van der Waals surface area contributed by atoms with Crippen molar-refractivity contribution < 1.29 is 4.74 Å². The molecule has 4 rings (SSSR count). The predicted molar refractivity (Wildman–Crippen MR) is 80.1 cm³/mol. The third-order valence-corrected chi connectivity index (χ3v) is 4.14. The van der Waals surface area contributed by atoms with Crippen LogP contribution in [0.3, 0.4) is 0 Å². The topological polar surface area (TPSA) is 103 Å². The van der Waals surface area contributed by atoms with Crippen molar-refractivity contribution in [3.05, 3.63) is 35.2 Å². The maximum Gasteiger partial charge on any atom is 0.137 e. The predicted octanol–water partition coefficient (Wildman–Crippen LogP) is 0.429. The summed E-state index contributed by atoms with van der Waals surface area (Å²) in [5.41, 5.74) is 14.6. The van der Waals surface area contributed by atoms with Crippen LogP contribution in [0.15, 0.2) is 28.9 Å². The summed E-state index contributed by atoms with van der Waals surface area (Å²) >= 11 is 0. The molecule has 7 nitrogen and oxygen atoms in total. The zero-order valence-electron chi connectivity index (χ0n) is 11.6. The standard InChI is InChI=1S/C14H18N6O/c15-9-3-1-8(2-4-9)12-11-13(16)17-7-18-14(11)20(19-12)10-5-21-6-10/h1,3-4,8,10,18H,2,5-7,15H2,(H2,16,17). The molecule has 7 heteroatoms. The van der Waals surface area contributed by atoms with Crippen molar-refractivity contribution in [2.75, 3.05) is 25.2 Å². The molecule has 0 bridgehead atoms. The highest BCUT2D eigenvalue weighted by molar-refractivity contribution is 6.04. The maximum absolute atomic E-state index is 6.12. The highest BCUT2D eigenvalue weighted by Crippen LogP contribution is 2.35. The van der Waals surface area contributed by atoms with Gasteiger partial charge in [-0.1, -0.05) is 12.2 Å². The zero-order valence-corrected chi connectivity index (χ0v) is 11.6. The Labute approximate surface area is 122 Å². The normalized spacial score (nSPS) is 24.7. The Morgan fingerprint density at radius 1 is 1.33 bits per heavy atom. The van der Waals surface area contributed by atoms with Crippen molar-refractivity contribution in [1.29, 1.82) is 0 Å². The van der Waals surface area contributed by atoms with Crippen LogP contribution in [-0.4, -0.2) is 35.5 Å². The van der Waals surface area contributed by atoms with Gasteiger partial charge in [0, 0.05) is 11.6 Å². The van der Waals surface area contributed by atoms with Crippen molar-refractivity contribution in [3.63, 3.8) is 0 Å². The number of nitrogens with one attached hydrogen (secondary N) is 1. The number of anilines is 1. The number of rotatable bonds is 2. The quantitative estimate of drug-likeness (QED) is 0.731. The number of ether oxygens (including phenoxy) is 1. The monoisotopic (exact) mass is 286 g/mol. The number of amidine groups is 1. The molecule has 1 aromatic heterocycles. The molecule has 0 saturated carbocycles. The Bertz CT molecular complexity index is 667. The molecule has 1 aliphatic carbocycles. The molecule has 3 aliphatic rings. The molecule has 1 saturated heterocycles. The third kappa shape index (κ3) is 1.92. The zero-order chi connectivity index (χ0) is 14.4. The molecule has 110 valence electrons. The molecule has 0 radical (unpaired) electrons. The van der Waals surface area contributed by atoms with E-state index in [9.17, 15) is 0 Å². The van der Waals surface area contributed by atoms with E-state index in [1.165, 1.54) is 0 Å². The van der Waals surface area contributed by atoms with Gasteiger partial charge in [-0.25, -0.2) is 9.67 Å². The van der Waals surface area contributed by atoms with Crippen molar-refractivity contribution in [1.82, 2.24) is 9.78 Å². The molecule has 0 spiro atoms. The molecule has 2 aliphatic heterocycles. The fraction of sp³-hybridized carbons (Fsp3) is 0.429. The maximum atomic E-state index is 6.12. The number of hydrogen-bond donors (Lipinski definition) is 3. The van der Waals surface area contributed by atoms with Crippen LogP contribution < -0.4 is 16.8 Å². The Hall–Kier alpha value is -2.28. The van der Waals surface area contributed by atoms with Crippen LogP contribution in [0.4, 0.5) is 5.82 Å². The molecule has 3 heterocycles. The van der Waals surface area contributed by atoms with Gasteiger partial charge in [0.2, 0.25) is 0 Å². The summed E-state index contributed by atoms with van der Waals surface area (Å²) in [4.78, 5) is 4.29. The van der Waals surface area contributed by atoms with E-state index in [-0.39, 0.29) is 12.0 Å². The number of nitrogens with zero attached hydrogens (tertiary/aromatic N) is 3. The lowest BCUT2D eigenvalue weighted by atomic mass is 9.93. The van der Waals surface area contributed by atoms with E-state index in [1.54, 1.807) is 0 Å². The van der Waals surface area contributed by atoms with Crippen LogP contribution in [0.5, 0.6) is 0 Å². The van der Waals surface area contributed by atoms with Crippen molar-refractivity contribution in [3.8, 4) is 0 Å². The molecule has 0 amide bonds. The van der Waals surface area contributed by atoms with Gasteiger partial charge in [-0.3, -0.25) is 0 Å². The summed E-state index contributed by atoms with van der Waals surface area (Å²) in [5, 5.41) is 8.10. The average molecular weight is 286 g/mol. The van der Waals surface area contributed by atoms with Crippen LogP contribution in [-0.2, 0) is 4.74 Å². The molecule has 21 heavy (non-hydrogen) atoms. The fourth-order valence-electron chi connectivity index (χ4n) is 2.88. The van der Waals surface area contributed by atoms with Gasteiger partial charge in [0.1, 0.15) is 24.4 Å². The van der Waals surface area contributed by atoms with Gasteiger partial charge in [0.25, 0.3) is 0 Å². The summed E-state index contributed by atoms with van der Waals surface area (Å²) in [6.45, 7) is 1.88. The molecule has 0 aromatic carbocycles. The minimum Gasteiger partial charge on any atom is -0.399 e. The third-order valence-electron chi connectivity index (χ3n) is 4.14. The average Bonchev–Trinajstić information content (AvgIpc) is 2.79. The van der Waals surface area contributed by atoms with Gasteiger partial charge in [-0.2, -0.15) is 5.10 Å². The molecule has 1 atom stereocenters. The van der Waals surface area contributed by atoms with Gasteiger partial charge >= 0.3 is 0 Å². The highest BCUT2D eigenvalue weighted by atomic mass is 16.5. The second-order valence-corrected chi connectivity index (χ2v) is 5.53. The molecule has 1 unspecified atom stereocenters. The number of hydrogen-bond acceptors (Lipinski definition) is 6. The summed E-state index contributed by atoms with van der Waals surface area (Å²) in [7, 11) is 0. The Morgan fingerprint density at radius 3 is 2.86 bits per heavy atom. The van der Waals surface area contributed by atoms with E-state index < -0.39 is 0 Å². The van der Waals surface area contributed by atoms with E-state index in [1.807, 2.05) is 16.8 Å². The number of fused-ring (bicyclic) bond motifs is 1.